The quantitative estimate of drug-likeness (QED) is 0.895. The van der Waals surface area contributed by atoms with Crippen LogP contribution in [0, 0.1) is 5.92 Å². The first-order valence-electron chi connectivity index (χ1n) is 6.40. The van der Waals surface area contributed by atoms with Crippen molar-refractivity contribution < 1.29 is 8.42 Å². The summed E-state index contributed by atoms with van der Waals surface area (Å²) in [5.74, 6) is 0.745. The molecule has 1 aromatic carbocycles. The summed E-state index contributed by atoms with van der Waals surface area (Å²) in [4.78, 5) is 0.504. The molecular weight excluding hydrogens is 246 g/mol. The summed E-state index contributed by atoms with van der Waals surface area (Å²) in [5.41, 5.74) is 2.13. The number of hydrogen-bond acceptors (Lipinski definition) is 3. The summed E-state index contributed by atoms with van der Waals surface area (Å²) in [7, 11) is -1.22. The number of benzene rings is 1. The van der Waals surface area contributed by atoms with Gasteiger partial charge < -0.3 is 5.32 Å². The zero-order valence-corrected chi connectivity index (χ0v) is 12.2. The van der Waals surface area contributed by atoms with E-state index in [1.807, 2.05) is 26.1 Å². The summed E-state index contributed by atoms with van der Waals surface area (Å²) in [5, 5.41) is 3.25. The van der Waals surface area contributed by atoms with E-state index in [0.717, 1.165) is 5.56 Å². The predicted molar refractivity (Wildman–Crippen MR) is 73.5 cm³/mol. The maximum atomic E-state index is 12.2. The van der Waals surface area contributed by atoms with Crippen molar-refractivity contribution in [2.45, 2.75) is 37.6 Å². The number of nitrogens with one attached hydrogen (secondary N) is 1. The number of fused-ring (bicyclic) bond motifs is 1. The summed E-state index contributed by atoms with van der Waals surface area (Å²) >= 11 is 0. The van der Waals surface area contributed by atoms with Gasteiger partial charge in [-0.2, -0.15) is 0 Å². The molecule has 2 unspecified atom stereocenters. The lowest BCUT2D eigenvalue weighted by Crippen LogP contribution is -2.34. The van der Waals surface area contributed by atoms with Crippen LogP contribution in [0.4, 0.5) is 0 Å². The smallest absolute Gasteiger partial charge is 0.179 e. The largest absolute Gasteiger partial charge is 0.313 e. The second-order valence-electron chi connectivity index (χ2n) is 5.48. The van der Waals surface area contributed by atoms with Crippen LogP contribution in [0.25, 0.3) is 0 Å². The van der Waals surface area contributed by atoms with Crippen molar-refractivity contribution in [1.82, 2.24) is 5.32 Å². The summed E-state index contributed by atoms with van der Waals surface area (Å²) < 4.78 is 24.4. The van der Waals surface area contributed by atoms with Gasteiger partial charge in [0.1, 0.15) is 0 Å². The topological polar surface area (TPSA) is 46.2 Å². The van der Waals surface area contributed by atoms with E-state index in [2.05, 4.69) is 19.2 Å². The van der Waals surface area contributed by atoms with Crippen LogP contribution in [0.2, 0.25) is 0 Å². The van der Waals surface area contributed by atoms with Gasteiger partial charge >= 0.3 is 0 Å². The highest BCUT2D eigenvalue weighted by Crippen LogP contribution is 2.37. The Kier molecular flexibility index (Phi) is 3.52. The Morgan fingerprint density at radius 2 is 2.00 bits per heavy atom. The molecular formula is C14H21NO2S. The molecule has 1 N–H and O–H groups in total. The predicted octanol–water partition coefficient (Wildman–Crippen LogP) is 2.49. The van der Waals surface area contributed by atoms with E-state index in [4.69, 9.17) is 0 Å². The van der Waals surface area contributed by atoms with E-state index in [0.29, 0.717) is 10.8 Å². The van der Waals surface area contributed by atoms with Crippen molar-refractivity contribution in [3.05, 3.63) is 29.3 Å². The van der Waals surface area contributed by atoms with Gasteiger partial charge in [-0.1, -0.05) is 32.9 Å². The molecule has 2 rings (SSSR count). The molecule has 2 atom stereocenters. The maximum Gasteiger partial charge on any atom is 0.179 e. The van der Waals surface area contributed by atoms with E-state index in [1.165, 1.54) is 5.56 Å². The first-order chi connectivity index (χ1) is 8.36. The molecule has 0 aliphatic carbocycles. The molecule has 0 aromatic heterocycles. The van der Waals surface area contributed by atoms with E-state index in [9.17, 15) is 8.42 Å². The lowest BCUT2D eigenvalue weighted by molar-refractivity contribution is 0.421. The third-order valence-corrected chi connectivity index (χ3v) is 5.74. The highest BCUT2D eigenvalue weighted by molar-refractivity contribution is 7.91. The highest BCUT2D eigenvalue weighted by atomic mass is 32.2. The van der Waals surface area contributed by atoms with Crippen molar-refractivity contribution in [3.63, 3.8) is 0 Å². The van der Waals surface area contributed by atoms with Crippen LogP contribution in [0.5, 0.6) is 0 Å². The number of hydrogen-bond donors (Lipinski definition) is 1. The van der Waals surface area contributed by atoms with E-state index in [1.54, 1.807) is 6.07 Å². The van der Waals surface area contributed by atoms with Gasteiger partial charge in [-0.25, -0.2) is 8.42 Å². The number of rotatable bonds is 2. The van der Waals surface area contributed by atoms with Crippen molar-refractivity contribution in [3.8, 4) is 0 Å². The molecule has 4 heteroatoms. The minimum absolute atomic E-state index is 0.106. The molecule has 1 aliphatic heterocycles. The third kappa shape index (κ3) is 2.19. The van der Waals surface area contributed by atoms with Gasteiger partial charge in [-0.3, -0.25) is 0 Å². The van der Waals surface area contributed by atoms with Crippen molar-refractivity contribution in [2.75, 3.05) is 12.8 Å². The Labute approximate surface area is 110 Å². The van der Waals surface area contributed by atoms with Crippen molar-refractivity contribution >= 4 is 9.84 Å². The fourth-order valence-electron chi connectivity index (χ4n) is 2.73. The van der Waals surface area contributed by atoms with E-state index in [-0.39, 0.29) is 17.7 Å². The fraction of sp³-hybridized carbons (Fsp3) is 0.571. The zero-order valence-electron chi connectivity index (χ0n) is 11.4. The van der Waals surface area contributed by atoms with Crippen LogP contribution < -0.4 is 5.32 Å². The first-order valence-corrected chi connectivity index (χ1v) is 8.06. The Bertz CT molecular complexity index is 549. The van der Waals surface area contributed by atoms with Crippen LogP contribution in [-0.2, 0) is 9.84 Å². The van der Waals surface area contributed by atoms with E-state index < -0.39 is 9.84 Å². The Morgan fingerprint density at radius 3 is 2.56 bits per heavy atom. The Morgan fingerprint density at radius 1 is 1.33 bits per heavy atom. The number of sulfone groups is 1. The maximum absolute atomic E-state index is 12.2. The first kappa shape index (κ1) is 13.6. The van der Waals surface area contributed by atoms with Gasteiger partial charge in [-0.15, -0.1) is 0 Å². The molecule has 0 radical (unpaired) electrons. The lowest BCUT2D eigenvalue weighted by atomic mass is 9.92. The average Bonchev–Trinajstić information content (AvgIpc) is 2.27. The summed E-state index contributed by atoms with van der Waals surface area (Å²) in [6, 6.07) is 5.89. The second kappa shape index (κ2) is 4.67. The molecule has 100 valence electrons. The fourth-order valence-corrected chi connectivity index (χ4v) is 4.62. The monoisotopic (exact) mass is 267 g/mol. The Hall–Kier alpha value is -0.870. The van der Waals surface area contributed by atoms with Crippen LogP contribution in [-0.4, -0.2) is 21.2 Å². The van der Waals surface area contributed by atoms with Gasteiger partial charge in [0.05, 0.1) is 10.6 Å². The second-order valence-corrected chi connectivity index (χ2v) is 7.48. The molecule has 0 fully saturated rings. The SMILES string of the molecule is CNC1c2cc(C(C)C)ccc2S(=O)(=O)CC1C. The standard InChI is InChI=1S/C14H21NO2S/c1-9(2)11-5-6-13-12(7-11)14(15-4)10(3)8-18(13,16)17/h5-7,9-10,14-15H,8H2,1-4H3. The lowest BCUT2D eigenvalue weighted by Gasteiger charge is -2.31. The Balaban J connectivity index is 2.63. The average molecular weight is 267 g/mol. The van der Waals surface area contributed by atoms with Crippen LogP contribution in [0.1, 0.15) is 43.9 Å². The molecule has 0 spiro atoms. The van der Waals surface area contributed by atoms with Gasteiger partial charge in [0.2, 0.25) is 0 Å². The minimum Gasteiger partial charge on any atom is -0.313 e. The van der Waals surface area contributed by atoms with Gasteiger partial charge in [-0.05, 0) is 36.1 Å². The molecule has 0 bridgehead atoms. The van der Waals surface area contributed by atoms with Gasteiger partial charge in [0.15, 0.2) is 9.84 Å². The highest BCUT2D eigenvalue weighted by Gasteiger charge is 2.34. The van der Waals surface area contributed by atoms with Crippen molar-refractivity contribution in [1.29, 1.82) is 0 Å². The molecule has 0 amide bonds. The van der Waals surface area contributed by atoms with Gasteiger partial charge in [0, 0.05) is 6.04 Å². The molecule has 1 aliphatic rings. The third-order valence-electron chi connectivity index (χ3n) is 3.73. The molecule has 1 heterocycles. The summed E-state index contributed by atoms with van der Waals surface area (Å²) in [6.45, 7) is 6.23. The van der Waals surface area contributed by atoms with E-state index >= 15 is 0 Å². The normalized spacial score (nSPS) is 26.1. The zero-order chi connectivity index (χ0) is 13.5. The molecule has 1 aromatic rings. The van der Waals surface area contributed by atoms with Crippen molar-refractivity contribution in [2.24, 2.45) is 5.92 Å². The molecule has 18 heavy (non-hydrogen) atoms. The minimum atomic E-state index is -3.12. The summed E-state index contributed by atoms with van der Waals surface area (Å²) in [6.07, 6.45) is 0. The van der Waals surface area contributed by atoms with Gasteiger partial charge in [0.25, 0.3) is 0 Å². The van der Waals surface area contributed by atoms with Crippen LogP contribution in [0.3, 0.4) is 0 Å². The molecule has 0 saturated carbocycles. The van der Waals surface area contributed by atoms with Crippen LogP contribution in [0.15, 0.2) is 23.1 Å². The van der Waals surface area contributed by atoms with Crippen LogP contribution >= 0.6 is 0 Å². The molecule has 0 saturated heterocycles. The molecule has 3 nitrogen and oxygen atoms in total.